The summed E-state index contributed by atoms with van der Waals surface area (Å²) in [7, 11) is 0. The lowest BCUT2D eigenvalue weighted by molar-refractivity contribution is -0.152. The van der Waals surface area contributed by atoms with Gasteiger partial charge in [-0.3, -0.25) is 9.69 Å². The molecule has 2 N–H and O–H groups in total. The van der Waals surface area contributed by atoms with Crippen molar-refractivity contribution in [2.45, 2.75) is 44.3 Å². The lowest BCUT2D eigenvalue weighted by Crippen LogP contribution is -2.51. The molecule has 1 saturated heterocycles. The predicted molar refractivity (Wildman–Crippen MR) is 73.6 cm³/mol. The summed E-state index contributed by atoms with van der Waals surface area (Å²) < 4.78 is 36.9. The Morgan fingerprint density at radius 3 is 2.38 bits per heavy atom. The van der Waals surface area contributed by atoms with E-state index in [0.29, 0.717) is 38.5 Å². The molecule has 2 aliphatic rings. The number of piperazine rings is 1. The van der Waals surface area contributed by atoms with Crippen molar-refractivity contribution in [2.24, 2.45) is 11.7 Å². The van der Waals surface area contributed by atoms with Crippen molar-refractivity contribution in [3.05, 3.63) is 0 Å². The van der Waals surface area contributed by atoms with Crippen LogP contribution in [0, 0.1) is 5.92 Å². The molecule has 0 bridgehead atoms. The third-order valence-corrected chi connectivity index (χ3v) is 4.41. The zero-order chi connectivity index (χ0) is 15.5. The number of nitrogens with zero attached hydrogens (tertiary/aromatic N) is 2. The zero-order valence-electron chi connectivity index (χ0n) is 12.2. The van der Waals surface area contributed by atoms with E-state index >= 15 is 0 Å². The van der Waals surface area contributed by atoms with E-state index in [-0.39, 0.29) is 11.9 Å². The summed E-state index contributed by atoms with van der Waals surface area (Å²) in [6.07, 6.45) is 0.351. The Balaban J connectivity index is 1.73. The molecule has 0 aromatic carbocycles. The van der Waals surface area contributed by atoms with Crippen LogP contribution >= 0.6 is 0 Å². The highest BCUT2D eigenvalue weighted by molar-refractivity contribution is 5.76. The van der Waals surface area contributed by atoms with E-state index < -0.39 is 12.7 Å². The number of rotatable bonds is 3. The minimum Gasteiger partial charge on any atom is -0.340 e. The monoisotopic (exact) mass is 307 g/mol. The number of hydrogen-bond donors (Lipinski definition) is 1. The van der Waals surface area contributed by atoms with E-state index in [9.17, 15) is 18.0 Å². The second-order valence-corrected chi connectivity index (χ2v) is 6.27. The van der Waals surface area contributed by atoms with Gasteiger partial charge in [-0.1, -0.05) is 6.42 Å². The van der Waals surface area contributed by atoms with E-state index in [0.717, 1.165) is 25.7 Å². The lowest BCUT2D eigenvalue weighted by Gasteiger charge is -2.36. The average molecular weight is 307 g/mol. The van der Waals surface area contributed by atoms with E-state index in [2.05, 4.69) is 0 Å². The van der Waals surface area contributed by atoms with Crippen LogP contribution in [0.15, 0.2) is 0 Å². The Hall–Kier alpha value is -0.820. The van der Waals surface area contributed by atoms with Crippen molar-refractivity contribution in [3.63, 3.8) is 0 Å². The standard InChI is InChI=1S/C14H24F3N3O/c15-14(16,17)10-19-4-6-20(7-5-19)13(21)9-11-2-1-3-12(18)8-11/h11-12H,1-10,18H2. The Labute approximate surface area is 123 Å². The maximum Gasteiger partial charge on any atom is 0.401 e. The molecule has 2 fully saturated rings. The van der Waals surface area contributed by atoms with Crippen LogP contribution in [0.1, 0.15) is 32.1 Å². The second kappa shape index (κ2) is 6.96. The Morgan fingerprint density at radius 1 is 1.14 bits per heavy atom. The molecule has 1 heterocycles. The molecule has 2 unspecified atom stereocenters. The van der Waals surface area contributed by atoms with Gasteiger partial charge in [0, 0.05) is 38.6 Å². The molecular weight excluding hydrogens is 283 g/mol. The zero-order valence-corrected chi connectivity index (χ0v) is 12.2. The molecule has 0 spiro atoms. The fourth-order valence-corrected chi connectivity index (χ4v) is 3.30. The molecule has 0 aromatic heterocycles. The average Bonchev–Trinajstić information content (AvgIpc) is 2.37. The number of halogens is 3. The summed E-state index contributed by atoms with van der Waals surface area (Å²) in [5.41, 5.74) is 5.92. The fourth-order valence-electron chi connectivity index (χ4n) is 3.30. The highest BCUT2D eigenvalue weighted by Gasteiger charge is 2.33. The van der Waals surface area contributed by atoms with Crippen molar-refractivity contribution in [2.75, 3.05) is 32.7 Å². The molecule has 0 aromatic rings. The lowest BCUT2D eigenvalue weighted by atomic mass is 9.84. The first-order valence-corrected chi connectivity index (χ1v) is 7.66. The van der Waals surface area contributed by atoms with Crippen molar-refractivity contribution in [3.8, 4) is 0 Å². The number of hydrogen-bond acceptors (Lipinski definition) is 3. The highest BCUT2D eigenvalue weighted by Crippen LogP contribution is 2.26. The van der Waals surface area contributed by atoms with Crippen LogP contribution in [0.5, 0.6) is 0 Å². The van der Waals surface area contributed by atoms with Gasteiger partial charge in [0.2, 0.25) is 5.91 Å². The quantitative estimate of drug-likeness (QED) is 0.861. The van der Waals surface area contributed by atoms with Crippen LogP contribution in [-0.4, -0.2) is 60.6 Å². The van der Waals surface area contributed by atoms with Gasteiger partial charge in [0.25, 0.3) is 0 Å². The first-order chi connectivity index (χ1) is 9.83. The van der Waals surface area contributed by atoms with Crippen LogP contribution in [0.2, 0.25) is 0 Å². The molecule has 1 saturated carbocycles. The third kappa shape index (κ3) is 5.47. The Morgan fingerprint density at radius 2 is 1.81 bits per heavy atom. The van der Waals surface area contributed by atoms with Gasteiger partial charge >= 0.3 is 6.18 Å². The van der Waals surface area contributed by atoms with Crippen LogP contribution in [-0.2, 0) is 4.79 Å². The summed E-state index contributed by atoms with van der Waals surface area (Å²) in [4.78, 5) is 15.3. The maximum atomic E-state index is 12.3. The van der Waals surface area contributed by atoms with Crippen LogP contribution in [0.25, 0.3) is 0 Å². The molecule has 4 nitrogen and oxygen atoms in total. The molecule has 1 aliphatic carbocycles. The van der Waals surface area contributed by atoms with Gasteiger partial charge in [0.05, 0.1) is 6.54 Å². The fraction of sp³-hybridized carbons (Fsp3) is 0.929. The number of carbonyl (C=O) groups excluding carboxylic acids is 1. The summed E-state index contributed by atoms with van der Waals surface area (Å²) >= 11 is 0. The van der Waals surface area contributed by atoms with Gasteiger partial charge < -0.3 is 10.6 Å². The summed E-state index contributed by atoms with van der Waals surface area (Å²) in [5.74, 6) is 0.412. The van der Waals surface area contributed by atoms with Gasteiger partial charge in [0.15, 0.2) is 0 Å². The molecule has 0 radical (unpaired) electrons. The molecule has 122 valence electrons. The number of amides is 1. The maximum absolute atomic E-state index is 12.3. The Bertz CT molecular complexity index is 354. The smallest absolute Gasteiger partial charge is 0.340 e. The minimum atomic E-state index is -4.16. The molecular formula is C14H24F3N3O. The van der Waals surface area contributed by atoms with Gasteiger partial charge in [-0.2, -0.15) is 13.2 Å². The van der Waals surface area contributed by atoms with E-state index in [1.54, 1.807) is 4.90 Å². The first-order valence-electron chi connectivity index (χ1n) is 7.66. The topological polar surface area (TPSA) is 49.6 Å². The van der Waals surface area contributed by atoms with Crippen molar-refractivity contribution in [1.29, 1.82) is 0 Å². The van der Waals surface area contributed by atoms with Gasteiger partial charge in [-0.15, -0.1) is 0 Å². The Kier molecular flexibility index (Phi) is 5.48. The molecule has 2 rings (SSSR count). The van der Waals surface area contributed by atoms with E-state index in [1.165, 1.54) is 4.90 Å². The SMILES string of the molecule is NC1CCCC(CC(=O)N2CCN(CC(F)(F)F)CC2)C1. The largest absolute Gasteiger partial charge is 0.401 e. The third-order valence-electron chi connectivity index (χ3n) is 4.41. The first kappa shape index (κ1) is 16.5. The van der Waals surface area contributed by atoms with Crippen LogP contribution in [0.4, 0.5) is 13.2 Å². The highest BCUT2D eigenvalue weighted by atomic mass is 19.4. The second-order valence-electron chi connectivity index (χ2n) is 6.27. The molecule has 1 amide bonds. The minimum absolute atomic E-state index is 0.0701. The summed E-state index contributed by atoms with van der Waals surface area (Å²) in [6, 6.07) is 0.195. The van der Waals surface area contributed by atoms with Crippen molar-refractivity contribution < 1.29 is 18.0 Å². The molecule has 21 heavy (non-hydrogen) atoms. The van der Waals surface area contributed by atoms with E-state index in [1.807, 2.05) is 0 Å². The number of alkyl halides is 3. The molecule has 7 heteroatoms. The van der Waals surface area contributed by atoms with Gasteiger partial charge in [-0.05, 0) is 25.2 Å². The summed E-state index contributed by atoms with van der Waals surface area (Å²) in [5, 5.41) is 0. The number of carbonyl (C=O) groups is 1. The van der Waals surface area contributed by atoms with Gasteiger partial charge in [0.1, 0.15) is 0 Å². The van der Waals surface area contributed by atoms with Crippen molar-refractivity contribution in [1.82, 2.24) is 9.80 Å². The van der Waals surface area contributed by atoms with E-state index in [4.69, 9.17) is 5.73 Å². The van der Waals surface area contributed by atoms with Crippen LogP contribution < -0.4 is 5.73 Å². The van der Waals surface area contributed by atoms with Crippen LogP contribution in [0.3, 0.4) is 0 Å². The number of nitrogens with two attached hydrogens (primary N) is 1. The van der Waals surface area contributed by atoms with Gasteiger partial charge in [-0.25, -0.2) is 0 Å². The summed E-state index contributed by atoms with van der Waals surface area (Å²) in [6.45, 7) is 0.513. The normalized spacial score (nSPS) is 28.7. The predicted octanol–water partition coefficient (Wildman–Crippen LogP) is 1.60. The molecule has 1 aliphatic heterocycles. The molecule has 2 atom stereocenters. The van der Waals surface area contributed by atoms with Crippen molar-refractivity contribution >= 4 is 5.91 Å².